The molecule has 0 aromatic rings. The van der Waals surface area contributed by atoms with Crippen LogP contribution in [0.5, 0.6) is 0 Å². The molecule has 0 aliphatic carbocycles. The summed E-state index contributed by atoms with van der Waals surface area (Å²) in [6, 6.07) is 0. The van der Waals surface area contributed by atoms with E-state index in [0.717, 1.165) is 12.2 Å². The third-order valence-corrected chi connectivity index (χ3v) is 2.78. The van der Waals surface area contributed by atoms with Crippen LogP contribution in [0.25, 0.3) is 0 Å². The lowest BCUT2D eigenvalue weighted by atomic mass is 9.74. The zero-order valence-electron chi connectivity index (χ0n) is 8.71. The van der Waals surface area contributed by atoms with Crippen molar-refractivity contribution in [2.75, 3.05) is 0 Å². The molecule has 71 valence electrons. The van der Waals surface area contributed by atoms with Gasteiger partial charge in [0.15, 0.2) is 0 Å². The van der Waals surface area contributed by atoms with Crippen LogP contribution in [0, 0.1) is 11.8 Å². The monoisotopic (exact) mass is 169 g/mol. The van der Waals surface area contributed by atoms with Crippen LogP contribution in [-0.2, 0) is 0 Å². The van der Waals surface area contributed by atoms with Crippen molar-refractivity contribution in [3.8, 4) is 0 Å². The lowest BCUT2D eigenvalue weighted by molar-refractivity contribution is 0.311. The molecule has 1 nitrogen and oxygen atoms in total. The second-order valence-corrected chi connectivity index (χ2v) is 3.54. The van der Waals surface area contributed by atoms with Gasteiger partial charge < -0.3 is 5.02 Å². The van der Waals surface area contributed by atoms with Gasteiger partial charge in [-0.3, -0.25) is 0 Å². The highest BCUT2D eigenvalue weighted by molar-refractivity contribution is 6.25. The van der Waals surface area contributed by atoms with Gasteiger partial charge >= 0.3 is 0 Å². The smallest absolute Gasteiger partial charge is 0.287 e. The van der Waals surface area contributed by atoms with Crippen molar-refractivity contribution in [2.24, 2.45) is 11.8 Å². The minimum atomic E-state index is 0.704. The van der Waals surface area contributed by atoms with E-state index in [1.807, 2.05) is 0 Å². The normalized spacial score (nSPS) is 13.4. The summed E-state index contributed by atoms with van der Waals surface area (Å²) < 4.78 is 0. The summed E-state index contributed by atoms with van der Waals surface area (Å²) in [6.07, 6.45) is 5.85. The van der Waals surface area contributed by atoms with Gasteiger partial charge in [-0.25, -0.2) is 0 Å². The van der Waals surface area contributed by atoms with Gasteiger partial charge in [0.05, 0.1) is 0 Å². The topological polar surface area (TPSA) is 20.2 Å². The molecule has 2 heteroatoms. The molecule has 0 aliphatic heterocycles. The summed E-state index contributed by atoms with van der Waals surface area (Å²) in [7, 11) is 1.33. The summed E-state index contributed by atoms with van der Waals surface area (Å²) in [5.74, 6) is 1.50. The van der Waals surface area contributed by atoms with E-state index >= 15 is 0 Å². The lowest BCUT2D eigenvalue weighted by Crippen LogP contribution is -2.15. The molecule has 0 aliphatic rings. The highest BCUT2D eigenvalue weighted by atomic mass is 16.2. The molecule has 0 spiro atoms. The molecule has 0 amide bonds. The first kappa shape index (κ1) is 12.0. The first-order valence-electron chi connectivity index (χ1n) is 5.25. The fraction of sp³-hybridized carbons (Fsp3) is 1.00. The molecule has 0 rings (SSSR count). The van der Waals surface area contributed by atoms with Crippen molar-refractivity contribution in [3.05, 3.63) is 0 Å². The summed E-state index contributed by atoms with van der Waals surface area (Å²) in [4.78, 5) is 0. The van der Waals surface area contributed by atoms with Crippen LogP contribution in [0.3, 0.4) is 0 Å². The van der Waals surface area contributed by atoms with E-state index in [-0.39, 0.29) is 0 Å². The Kier molecular flexibility index (Phi) is 7.68. The average Bonchev–Trinajstić information content (AvgIpc) is 2.07. The molecule has 0 fully saturated rings. The second kappa shape index (κ2) is 7.66. The van der Waals surface area contributed by atoms with Crippen LogP contribution in [0.15, 0.2) is 0 Å². The highest BCUT2D eigenvalue weighted by Crippen LogP contribution is 2.26. The highest BCUT2D eigenvalue weighted by Gasteiger charge is 2.16. The first-order valence-corrected chi connectivity index (χ1v) is 5.25. The van der Waals surface area contributed by atoms with E-state index < -0.39 is 0 Å². The molecule has 1 radical (unpaired) electrons. The fourth-order valence-corrected chi connectivity index (χ4v) is 2.01. The van der Waals surface area contributed by atoms with E-state index in [2.05, 4.69) is 20.8 Å². The van der Waals surface area contributed by atoms with Crippen molar-refractivity contribution in [1.82, 2.24) is 0 Å². The average molecular weight is 169 g/mol. The van der Waals surface area contributed by atoms with Crippen molar-refractivity contribution in [2.45, 2.75) is 52.8 Å². The molecule has 0 bridgehead atoms. The second-order valence-electron chi connectivity index (χ2n) is 3.54. The Balaban J connectivity index is 3.86. The standard InChI is InChI=1S/C10H22BO/c1-4-7-10(8-11-12)9(5-2)6-3/h9-10,12H,4-8H2,1-3H3. The predicted molar refractivity (Wildman–Crippen MR) is 55.2 cm³/mol. The molecule has 0 saturated carbocycles. The third kappa shape index (κ3) is 4.15. The molecule has 1 unspecified atom stereocenters. The number of hydrogen-bond acceptors (Lipinski definition) is 1. The van der Waals surface area contributed by atoms with Gasteiger partial charge in [0, 0.05) is 0 Å². The SMILES string of the molecule is CCCC(C[B]O)C(CC)CC. The van der Waals surface area contributed by atoms with Crippen molar-refractivity contribution >= 4 is 7.48 Å². The Hall–Kier alpha value is 0.0249. The molecular weight excluding hydrogens is 147 g/mol. The predicted octanol–water partition coefficient (Wildman–Crippen LogP) is 2.87. The van der Waals surface area contributed by atoms with Crippen LogP contribution in [-0.4, -0.2) is 12.5 Å². The van der Waals surface area contributed by atoms with E-state index in [9.17, 15) is 0 Å². The Morgan fingerprint density at radius 1 is 1.08 bits per heavy atom. The van der Waals surface area contributed by atoms with Gasteiger partial charge in [-0.2, -0.15) is 0 Å². The maximum Gasteiger partial charge on any atom is 0.287 e. The van der Waals surface area contributed by atoms with Crippen molar-refractivity contribution in [3.63, 3.8) is 0 Å². The van der Waals surface area contributed by atoms with Crippen LogP contribution in [0.1, 0.15) is 46.5 Å². The third-order valence-electron chi connectivity index (χ3n) is 2.78. The summed E-state index contributed by atoms with van der Waals surface area (Å²) in [6.45, 7) is 6.70. The van der Waals surface area contributed by atoms with Crippen LogP contribution in [0.2, 0.25) is 6.32 Å². The maximum absolute atomic E-state index is 8.78. The van der Waals surface area contributed by atoms with Gasteiger partial charge in [-0.15, -0.1) is 0 Å². The van der Waals surface area contributed by atoms with Gasteiger partial charge in [0.2, 0.25) is 0 Å². The Morgan fingerprint density at radius 3 is 2.00 bits per heavy atom. The van der Waals surface area contributed by atoms with Gasteiger partial charge in [0.1, 0.15) is 0 Å². The number of hydrogen-bond donors (Lipinski definition) is 1. The number of rotatable bonds is 7. The van der Waals surface area contributed by atoms with E-state index in [1.165, 1.54) is 33.2 Å². The molecule has 0 aromatic carbocycles. The zero-order valence-corrected chi connectivity index (χ0v) is 8.71. The zero-order chi connectivity index (χ0) is 9.40. The van der Waals surface area contributed by atoms with Crippen LogP contribution >= 0.6 is 0 Å². The Morgan fingerprint density at radius 2 is 1.67 bits per heavy atom. The Bertz CT molecular complexity index is 85.8. The summed E-state index contributed by atoms with van der Waals surface area (Å²) in [5.41, 5.74) is 0. The van der Waals surface area contributed by atoms with Gasteiger partial charge in [-0.05, 0) is 18.2 Å². The first-order chi connectivity index (χ1) is 5.79. The molecule has 0 aromatic heterocycles. The largest absolute Gasteiger partial charge is 0.454 e. The van der Waals surface area contributed by atoms with Gasteiger partial charge in [-0.1, -0.05) is 46.5 Å². The van der Waals surface area contributed by atoms with Crippen molar-refractivity contribution < 1.29 is 5.02 Å². The molecule has 1 atom stereocenters. The molecular formula is C10H22BO. The Labute approximate surface area is 77.8 Å². The summed E-state index contributed by atoms with van der Waals surface area (Å²) in [5, 5.41) is 8.78. The minimum absolute atomic E-state index is 0.704. The van der Waals surface area contributed by atoms with Crippen molar-refractivity contribution in [1.29, 1.82) is 0 Å². The van der Waals surface area contributed by atoms with Gasteiger partial charge in [0.25, 0.3) is 7.48 Å². The van der Waals surface area contributed by atoms with E-state index in [4.69, 9.17) is 5.02 Å². The van der Waals surface area contributed by atoms with Crippen LogP contribution < -0.4 is 0 Å². The quantitative estimate of drug-likeness (QED) is 0.581. The molecule has 0 heterocycles. The van der Waals surface area contributed by atoms with E-state index in [0.29, 0.717) is 5.92 Å². The maximum atomic E-state index is 8.78. The van der Waals surface area contributed by atoms with E-state index in [1.54, 1.807) is 0 Å². The minimum Gasteiger partial charge on any atom is -0.454 e. The summed E-state index contributed by atoms with van der Waals surface area (Å²) >= 11 is 0. The fourth-order valence-electron chi connectivity index (χ4n) is 2.01. The molecule has 1 N–H and O–H groups in total. The lowest BCUT2D eigenvalue weighted by Gasteiger charge is -2.23. The molecule has 12 heavy (non-hydrogen) atoms. The van der Waals surface area contributed by atoms with Crippen LogP contribution in [0.4, 0.5) is 0 Å². The molecule has 0 saturated heterocycles.